The molecule has 0 saturated heterocycles. The molecule has 3 nitrogen and oxygen atoms in total. The minimum absolute atomic E-state index is 0.532. The molecule has 0 atom stereocenters. The molecule has 0 unspecified atom stereocenters. The number of hydrogen-bond acceptors (Lipinski definition) is 3. The van der Waals surface area contributed by atoms with Gasteiger partial charge in [0.1, 0.15) is 6.61 Å². The van der Waals surface area contributed by atoms with Crippen LogP contribution in [0.1, 0.15) is 18.4 Å². The molecule has 1 N–H and O–H groups in total. The first kappa shape index (κ1) is 13.1. The first-order valence-electron chi connectivity index (χ1n) is 7.71. The van der Waals surface area contributed by atoms with Gasteiger partial charge >= 0.3 is 0 Å². The van der Waals surface area contributed by atoms with E-state index in [0.717, 1.165) is 22.0 Å². The molecule has 0 bridgehead atoms. The van der Waals surface area contributed by atoms with Gasteiger partial charge in [-0.1, -0.05) is 42.5 Å². The van der Waals surface area contributed by atoms with Crippen LogP contribution in [0, 0.1) is 0 Å². The number of hydrogen-bond donors (Lipinski definition) is 1. The smallest absolute Gasteiger partial charge is 0.223 e. The molecule has 3 heteroatoms. The van der Waals surface area contributed by atoms with Gasteiger partial charge in [0.2, 0.25) is 5.88 Å². The molecule has 0 radical (unpaired) electrons. The van der Waals surface area contributed by atoms with Gasteiger partial charge in [-0.25, -0.2) is 4.98 Å². The number of rotatable bonds is 5. The fraction of sp³-hybridized carbons (Fsp3) is 0.211. The largest absolute Gasteiger partial charge is 0.472 e. The average molecular weight is 290 g/mol. The van der Waals surface area contributed by atoms with Crippen LogP contribution in [0.3, 0.4) is 0 Å². The number of aromatic nitrogens is 1. The first-order chi connectivity index (χ1) is 10.9. The van der Waals surface area contributed by atoms with E-state index in [1.165, 1.54) is 12.8 Å². The third-order valence-electron chi connectivity index (χ3n) is 3.91. The summed E-state index contributed by atoms with van der Waals surface area (Å²) in [5.74, 6) is 0.699. The summed E-state index contributed by atoms with van der Waals surface area (Å²) in [7, 11) is 0. The Kier molecular flexibility index (Phi) is 3.39. The second-order valence-corrected chi connectivity index (χ2v) is 5.71. The zero-order chi connectivity index (χ0) is 14.8. The van der Waals surface area contributed by atoms with Gasteiger partial charge in [-0.05, 0) is 35.9 Å². The number of nitrogens with one attached hydrogen (secondary N) is 1. The summed E-state index contributed by atoms with van der Waals surface area (Å²) < 4.78 is 6.00. The monoisotopic (exact) mass is 290 g/mol. The van der Waals surface area contributed by atoms with Crippen molar-refractivity contribution in [3.8, 4) is 5.88 Å². The molecule has 1 saturated carbocycles. The van der Waals surface area contributed by atoms with Crippen molar-refractivity contribution in [2.24, 2.45) is 0 Å². The summed E-state index contributed by atoms with van der Waals surface area (Å²) in [4.78, 5) is 4.45. The number of anilines is 1. The Morgan fingerprint density at radius 3 is 2.68 bits per heavy atom. The molecule has 1 fully saturated rings. The van der Waals surface area contributed by atoms with Crippen LogP contribution >= 0.6 is 0 Å². The molecule has 0 aliphatic heterocycles. The first-order valence-corrected chi connectivity index (χ1v) is 7.71. The summed E-state index contributed by atoms with van der Waals surface area (Å²) in [6.07, 6.45) is 4.30. The molecule has 1 aliphatic carbocycles. The number of ether oxygens (including phenoxy) is 1. The standard InChI is InChI=1S/C19H18N2O/c1-2-5-14(6-3-1)13-22-19-18-15(11-12-20-19)7-4-8-17(18)21-16-9-10-16/h1-8,11-12,16,21H,9-10,13H2. The predicted molar refractivity (Wildman–Crippen MR) is 89.2 cm³/mol. The lowest BCUT2D eigenvalue weighted by atomic mass is 10.1. The van der Waals surface area contributed by atoms with E-state index in [1.54, 1.807) is 0 Å². The molecule has 22 heavy (non-hydrogen) atoms. The van der Waals surface area contributed by atoms with Crippen molar-refractivity contribution >= 4 is 16.5 Å². The van der Waals surface area contributed by atoms with E-state index in [0.29, 0.717) is 18.5 Å². The second kappa shape index (κ2) is 5.68. The molecular formula is C19H18N2O. The fourth-order valence-electron chi connectivity index (χ4n) is 2.60. The molecule has 1 heterocycles. The van der Waals surface area contributed by atoms with Crippen LogP contribution in [0.4, 0.5) is 5.69 Å². The van der Waals surface area contributed by atoms with Gasteiger partial charge in [0.25, 0.3) is 0 Å². The van der Waals surface area contributed by atoms with Gasteiger partial charge in [0.05, 0.1) is 5.39 Å². The lowest BCUT2D eigenvalue weighted by Gasteiger charge is -2.13. The zero-order valence-electron chi connectivity index (χ0n) is 12.3. The third-order valence-corrected chi connectivity index (χ3v) is 3.91. The summed E-state index contributed by atoms with van der Waals surface area (Å²) in [6.45, 7) is 0.532. The minimum atomic E-state index is 0.532. The number of pyridine rings is 1. The van der Waals surface area contributed by atoms with Gasteiger partial charge in [-0.15, -0.1) is 0 Å². The molecule has 0 amide bonds. The maximum Gasteiger partial charge on any atom is 0.223 e. The van der Waals surface area contributed by atoms with Crippen LogP contribution in [0.2, 0.25) is 0 Å². The second-order valence-electron chi connectivity index (χ2n) is 5.71. The maximum absolute atomic E-state index is 6.00. The van der Waals surface area contributed by atoms with Crippen molar-refractivity contribution in [3.63, 3.8) is 0 Å². The zero-order valence-corrected chi connectivity index (χ0v) is 12.3. The van der Waals surface area contributed by atoms with Gasteiger partial charge in [-0.3, -0.25) is 0 Å². The summed E-state index contributed by atoms with van der Waals surface area (Å²) in [6, 6.07) is 19.1. The minimum Gasteiger partial charge on any atom is -0.472 e. The van der Waals surface area contributed by atoms with E-state index in [-0.39, 0.29) is 0 Å². The van der Waals surface area contributed by atoms with Gasteiger partial charge < -0.3 is 10.1 Å². The van der Waals surface area contributed by atoms with Crippen molar-refractivity contribution in [2.75, 3.05) is 5.32 Å². The van der Waals surface area contributed by atoms with Crippen LogP contribution in [0.15, 0.2) is 60.8 Å². The Morgan fingerprint density at radius 1 is 1.00 bits per heavy atom. The highest BCUT2D eigenvalue weighted by Gasteiger charge is 2.22. The van der Waals surface area contributed by atoms with Crippen molar-refractivity contribution in [3.05, 3.63) is 66.4 Å². The molecule has 1 aromatic heterocycles. The van der Waals surface area contributed by atoms with Gasteiger partial charge in [0.15, 0.2) is 0 Å². The van der Waals surface area contributed by atoms with Crippen molar-refractivity contribution in [1.82, 2.24) is 4.98 Å². The Bertz CT molecular complexity index is 777. The van der Waals surface area contributed by atoms with Crippen LogP contribution in [0.5, 0.6) is 5.88 Å². The maximum atomic E-state index is 6.00. The van der Waals surface area contributed by atoms with Crippen molar-refractivity contribution < 1.29 is 4.74 Å². The highest BCUT2D eigenvalue weighted by atomic mass is 16.5. The molecule has 3 aromatic rings. The summed E-state index contributed by atoms with van der Waals surface area (Å²) in [5.41, 5.74) is 2.27. The molecule has 110 valence electrons. The van der Waals surface area contributed by atoms with Crippen LogP contribution < -0.4 is 10.1 Å². The quantitative estimate of drug-likeness (QED) is 0.756. The summed E-state index contributed by atoms with van der Waals surface area (Å²) in [5, 5.41) is 5.81. The van der Waals surface area contributed by atoms with Crippen molar-refractivity contribution in [2.45, 2.75) is 25.5 Å². The molecule has 0 spiro atoms. The number of fused-ring (bicyclic) bond motifs is 1. The normalized spacial score (nSPS) is 14.0. The average Bonchev–Trinajstić information content (AvgIpc) is 3.38. The van der Waals surface area contributed by atoms with E-state index in [4.69, 9.17) is 4.74 Å². The summed E-state index contributed by atoms with van der Waals surface area (Å²) >= 11 is 0. The van der Waals surface area contributed by atoms with Crippen molar-refractivity contribution in [1.29, 1.82) is 0 Å². The van der Waals surface area contributed by atoms with E-state index < -0.39 is 0 Å². The van der Waals surface area contributed by atoms with E-state index in [9.17, 15) is 0 Å². The third kappa shape index (κ3) is 2.75. The lowest BCUT2D eigenvalue weighted by Crippen LogP contribution is -2.03. The highest BCUT2D eigenvalue weighted by Crippen LogP contribution is 2.34. The number of benzene rings is 2. The van der Waals surface area contributed by atoms with Crippen LogP contribution in [-0.4, -0.2) is 11.0 Å². The Hall–Kier alpha value is -2.55. The van der Waals surface area contributed by atoms with Gasteiger partial charge in [-0.2, -0.15) is 0 Å². The van der Waals surface area contributed by atoms with Gasteiger partial charge in [0, 0.05) is 17.9 Å². The molecular weight excluding hydrogens is 272 g/mol. The number of nitrogens with zero attached hydrogens (tertiary/aromatic N) is 1. The Balaban J connectivity index is 1.67. The molecule has 1 aliphatic rings. The lowest BCUT2D eigenvalue weighted by molar-refractivity contribution is 0.298. The van der Waals surface area contributed by atoms with E-state index >= 15 is 0 Å². The topological polar surface area (TPSA) is 34.1 Å². The fourth-order valence-corrected chi connectivity index (χ4v) is 2.60. The molecule has 2 aromatic carbocycles. The Morgan fingerprint density at radius 2 is 1.86 bits per heavy atom. The van der Waals surface area contributed by atoms with Crippen LogP contribution in [-0.2, 0) is 6.61 Å². The van der Waals surface area contributed by atoms with E-state index in [1.807, 2.05) is 30.5 Å². The SMILES string of the molecule is c1ccc(COc2nccc3cccc(NC4CC4)c23)cc1. The predicted octanol–water partition coefficient (Wildman–Crippen LogP) is 4.39. The molecule has 4 rings (SSSR count). The Labute approximate surface area is 130 Å². The highest BCUT2D eigenvalue weighted by molar-refractivity contribution is 5.97. The van der Waals surface area contributed by atoms with E-state index in [2.05, 4.69) is 40.6 Å². The van der Waals surface area contributed by atoms with Crippen LogP contribution in [0.25, 0.3) is 10.8 Å².